The standard InChI is InChI=1S/C35H46F4N8O3S.C4H7NO2/c1-23(46-15-11-25(12-16-46)24-5-7-26(8-6-24)33(40-2)44-45(3)4)22-49-31-19-29(9-10-30(31)32(36)37)51(48)47-17-13-27(14-18-47)43-35-41-20-28(21-42-35)50-34(38)39;6-3-1-2-5-4-7/h5-10,19-21,23,25,27,32,34H,11-18,22H2,1-4H3,(H,40,44)(H,41,42,43);3-4H,1-2H2,(H,5,7). The summed E-state index contributed by atoms with van der Waals surface area (Å²) in [7, 11) is 4.02. The lowest BCUT2D eigenvalue weighted by Crippen LogP contribution is -2.42. The minimum Gasteiger partial charge on any atom is -0.491 e. The molecule has 2 fully saturated rings. The number of likely N-dealkylation sites (tertiary alicyclic amines) is 1. The second-order valence-corrected chi connectivity index (χ2v) is 15.4. The van der Waals surface area contributed by atoms with Crippen LogP contribution in [0.4, 0.5) is 23.5 Å². The number of hydrogen-bond donors (Lipinski definition) is 3. The van der Waals surface area contributed by atoms with Gasteiger partial charge in [0.05, 0.1) is 22.9 Å². The highest BCUT2D eigenvalue weighted by Gasteiger charge is 2.28. The Morgan fingerprint density at radius 2 is 1.67 bits per heavy atom. The number of nitrogens with one attached hydrogen (secondary N) is 3. The van der Waals surface area contributed by atoms with Crippen molar-refractivity contribution < 1.29 is 40.8 Å². The van der Waals surface area contributed by atoms with E-state index in [1.165, 1.54) is 36.2 Å². The number of amidine groups is 1. The van der Waals surface area contributed by atoms with E-state index in [1.54, 1.807) is 11.4 Å². The van der Waals surface area contributed by atoms with E-state index in [-0.39, 0.29) is 41.7 Å². The molecular weight excluding hydrogens is 783 g/mol. The third kappa shape index (κ3) is 14.3. The number of aldehydes is 1. The molecule has 58 heavy (non-hydrogen) atoms. The first kappa shape index (κ1) is 46.0. The number of piperidine rings is 2. The smallest absolute Gasteiger partial charge is 0.387 e. The summed E-state index contributed by atoms with van der Waals surface area (Å²) >= 11 is 0. The summed E-state index contributed by atoms with van der Waals surface area (Å²) in [6.07, 6.45) is 4.52. The van der Waals surface area contributed by atoms with Crippen LogP contribution in [0.5, 0.6) is 11.5 Å². The van der Waals surface area contributed by atoms with Crippen molar-refractivity contribution in [3.8, 4) is 11.5 Å². The van der Waals surface area contributed by atoms with Gasteiger partial charge >= 0.3 is 6.61 Å². The van der Waals surface area contributed by atoms with Crippen LogP contribution in [0, 0.1) is 0 Å². The third-order valence-electron chi connectivity index (χ3n) is 9.63. The molecule has 3 aromatic rings. The second kappa shape index (κ2) is 23.6. The van der Waals surface area contributed by atoms with Crippen LogP contribution in [0.1, 0.15) is 68.1 Å². The Labute approximate surface area is 339 Å². The van der Waals surface area contributed by atoms with Crippen molar-refractivity contribution >= 4 is 35.5 Å². The van der Waals surface area contributed by atoms with Crippen LogP contribution in [0.3, 0.4) is 0 Å². The topological polar surface area (TPSA) is 154 Å². The van der Waals surface area contributed by atoms with Crippen LogP contribution in [-0.2, 0) is 20.6 Å². The minimum atomic E-state index is -2.96. The predicted octanol–water partition coefficient (Wildman–Crippen LogP) is 5.03. The number of aromatic nitrogens is 2. The molecule has 3 N–H and O–H groups in total. The second-order valence-electron chi connectivity index (χ2n) is 13.9. The van der Waals surface area contributed by atoms with Crippen molar-refractivity contribution in [2.75, 3.05) is 65.8 Å². The highest BCUT2D eigenvalue weighted by molar-refractivity contribution is 7.82. The average Bonchev–Trinajstić information content (AvgIpc) is 3.23. The number of nitrogens with zero attached hydrogens (tertiary/aromatic N) is 6. The summed E-state index contributed by atoms with van der Waals surface area (Å²) in [5.41, 5.74) is 5.30. The molecule has 0 saturated carbocycles. The highest BCUT2D eigenvalue weighted by atomic mass is 32.2. The van der Waals surface area contributed by atoms with Crippen molar-refractivity contribution in [3.63, 3.8) is 0 Å². The first-order chi connectivity index (χ1) is 27.9. The SMILES string of the molecule is CN=C(NN(C)C)c1ccc(C2CCN(C(C)COc3cc(S(=O)N4CCC(Nc5ncc(OC(F)F)cn5)CC4)ccc3C(F)F)CC2)cc1.O=CCCNC=O. The fourth-order valence-electron chi connectivity index (χ4n) is 6.54. The molecule has 1 aromatic heterocycles. The number of ether oxygens (including phenoxy) is 2. The van der Waals surface area contributed by atoms with E-state index in [1.807, 2.05) is 26.0 Å². The van der Waals surface area contributed by atoms with E-state index in [0.29, 0.717) is 56.1 Å². The van der Waals surface area contributed by atoms with Gasteiger partial charge in [-0.3, -0.25) is 14.7 Å². The number of carbonyl (C=O) groups is 2. The van der Waals surface area contributed by atoms with Crippen LogP contribution >= 0.6 is 0 Å². The van der Waals surface area contributed by atoms with Gasteiger partial charge in [0.15, 0.2) is 5.75 Å². The van der Waals surface area contributed by atoms with E-state index in [0.717, 1.165) is 43.6 Å². The van der Waals surface area contributed by atoms with E-state index >= 15 is 0 Å². The number of halogens is 4. The molecule has 3 heterocycles. The molecule has 2 saturated heterocycles. The summed E-state index contributed by atoms with van der Waals surface area (Å²) in [4.78, 5) is 34.1. The van der Waals surface area contributed by atoms with E-state index < -0.39 is 24.0 Å². The maximum absolute atomic E-state index is 14.0. The van der Waals surface area contributed by atoms with Gasteiger partial charge in [0.25, 0.3) is 6.43 Å². The molecule has 0 spiro atoms. The zero-order valence-corrected chi connectivity index (χ0v) is 34.0. The molecule has 2 aliphatic rings. The molecule has 1 amide bonds. The zero-order chi connectivity index (χ0) is 42.0. The van der Waals surface area contributed by atoms with Crippen molar-refractivity contribution in [2.45, 2.75) is 75.0 Å². The van der Waals surface area contributed by atoms with Gasteiger partial charge in [-0.25, -0.2) is 32.3 Å². The first-order valence-electron chi connectivity index (χ1n) is 19.0. The summed E-state index contributed by atoms with van der Waals surface area (Å²) in [6, 6.07) is 12.7. The molecule has 2 atom stereocenters. The fraction of sp³-hybridized carbons (Fsp3) is 0.513. The number of benzene rings is 2. The monoisotopic (exact) mass is 835 g/mol. The highest BCUT2D eigenvalue weighted by Crippen LogP contribution is 2.33. The number of carbonyl (C=O) groups excluding carboxylic acids is 2. The molecular formula is C39H53F4N9O5S. The normalized spacial score (nSPS) is 17.0. The van der Waals surface area contributed by atoms with Gasteiger partial charge in [-0.2, -0.15) is 8.78 Å². The van der Waals surface area contributed by atoms with Gasteiger partial charge in [0, 0.05) is 64.8 Å². The van der Waals surface area contributed by atoms with Crippen LogP contribution in [-0.4, -0.2) is 126 Å². The Bertz CT molecular complexity index is 1750. The predicted molar refractivity (Wildman–Crippen MR) is 214 cm³/mol. The van der Waals surface area contributed by atoms with Crippen LogP contribution < -0.4 is 25.5 Å². The molecule has 0 aliphatic carbocycles. The molecule has 19 heteroatoms. The maximum Gasteiger partial charge on any atom is 0.387 e. The lowest BCUT2D eigenvalue weighted by atomic mass is 9.88. The summed E-state index contributed by atoms with van der Waals surface area (Å²) < 4.78 is 78.3. The lowest BCUT2D eigenvalue weighted by molar-refractivity contribution is -0.110. The maximum atomic E-state index is 14.0. The summed E-state index contributed by atoms with van der Waals surface area (Å²) in [5, 5.41) is 7.36. The fourth-order valence-corrected chi connectivity index (χ4v) is 7.77. The Kier molecular flexibility index (Phi) is 18.7. The molecule has 0 radical (unpaired) electrons. The van der Waals surface area contributed by atoms with Crippen molar-refractivity contribution in [1.82, 2.24) is 34.9 Å². The summed E-state index contributed by atoms with van der Waals surface area (Å²) in [5.74, 6) is 1.43. The van der Waals surface area contributed by atoms with E-state index in [9.17, 15) is 31.4 Å². The minimum absolute atomic E-state index is 0.00280. The lowest BCUT2D eigenvalue weighted by Gasteiger charge is -2.36. The third-order valence-corrected chi connectivity index (χ3v) is 11.1. The number of anilines is 1. The molecule has 5 rings (SSSR count). The Balaban J connectivity index is 0.000000973. The van der Waals surface area contributed by atoms with Gasteiger partial charge in [-0.05, 0) is 75.4 Å². The van der Waals surface area contributed by atoms with Crippen LogP contribution in [0.15, 0.2) is 64.7 Å². The van der Waals surface area contributed by atoms with Gasteiger partial charge < -0.3 is 30.3 Å². The number of hydrogen-bond acceptors (Lipinski definition) is 11. The van der Waals surface area contributed by atoms with Crippen molar-refractivity contribution in [1.29, 1.82) is 0 Å². The summed E-state index contributed by atoms with van der Waals surface area (Å²) in [6.45, 7) is 2.43. The molecule has 2 aromatic carbocycles. The zero-order valence-electron chi connectivity index (χ0n) is 33.2. The molecule has 0 bridgehead atoms. The molecule has 318 valence electrons. The van der Waals surface area contributed by atoms with Crippen molar-refractivity contribution in [3.05, 3.63) is 71.5 Å². The van der Waals surface area contributed by atoms with Gasteiger partial charge in [-0.1, -0.05) is 24.3 Å². The first-order valence-corrected chi connectivity index (χ1v) is 20.1. The Hall–Kier alpha value is -4.72. The van der Waals surface area contributed by atoms with Gasteiger partial charge in [-0.15, -0.1) is 0 Å². The quantitative estimate of drug-likeness (QED) is 0.0396. The number of hydrazine groups is 1. The van der Waals surface area contributed by atoms with Gasteiger partial charge in [0.2, 0.25) is 12.4 Å². The average molecular weight is 836 g/mol. The van der Waals surface area contributed by atoms with Crippen LogP contribution in [0.25, 0.3) is 0 Å². The largest absolute Gasteiger partial charge is 0.491 e. The number of rotatable bonds is 18. The number of aliphatic imine (C=N–C) groups is 1. The van der Waals surface area contributed by atoms with E-state index in [2.05, 4.69) is 64.9 Å². The van der Waals surface area contributed by atoms with Crippen molar-refractivity contribution in [2.24, 2.45) is 4.99 Å². The number of amides is 1. The Morgan fingerprint density at radius 1 is 1.00 bits per heavy atom. The molecule has 14 nitrogen and oxygen atoms in total. The number of alkyl halides is 4. The van der Waals surface area contributed by atoms with Gasteiger partial charge in [0.1, 0.15) is 35.5 Å². The molecule has 2 unspecified atom stereocenters. The molecule has 2 aliphatic heterocycles. The van der Waals surface area contributed by atoms with Crippen LogP contribution in [0.2, 0.25) is 0 Å². The Morgan fingerprint density at radius 3 is 2.24 bits per heavy atom. The van der Waals surface area contributed by atoms with E-state index in [4.69, 9.17) is 4.74 Å².